The zero-order valence-corrected chi connectivity index (χ0v) is 26.5. The Hall–Kier alpha value is -4.01. The number of likely N-dealkylation sites (tertiary alicyclic amines) is 1. The van der Waals surface area contributed by atoms with Gasteiger partial charge in [0.2, 0.25) is 17.7 Å². The standard InChI is InChI=1S/C37H43N3O6/c1-23(41)40-31(34(43)38-13-7-12-30(38)36(45)46)17-33(42)28-10-5-6-11-29(28)39(22-24-8-3-2-4-9-24)35(44)32(40)21-37-18-25-14-26(19-37)16-27(15-25)20-37/h2-6,8-11,25-27,30-32H,7,12-22H2,1H3,(H,45,46)/t25?,26?,27?,30?,31-,32+,37?/m0/s1. The number of amides is 3. The van der Waals surface area contributed by atoms with Crippen molar-refractivity contribution in [1.82, 2.24) is 9.80 Å². The van der Waals surface area contributed by atoms with E-state index in [4.69, 9.17) is 0 Å². The number of nitrogens with zero attached hydrogens (tertiary/aromatic N) is 3. The molecule has 0 radical (unpaired) electrons. The van der Waals surface area contributed by atoms with Crippen molar-refractivity contribution in [1.29, 1.82) is 0 Å². The first-order valence-corrected chi connectivity index (χ1v) is 16.9. The first kappa shape index (κ1) is 30.6. The molecule has 0 aromatic heterocycles. The van der Waals surface area contributed by atoms with Gasteiger partial charge in [-0.2, -0.15) is 0 Å². The Morgan fingerprint density at radius 1 is 0.870 bits per heavy atom. The van der Waals surface area contributed by atoms with E-state index in [9.17, 15) is 24.3 Å². The summed E-state index contributed by atoms with van der Waals surface area (Å²) in [6.45, 7) is 1.81. The lowest BCUT2D eigenvalue weighted by molar-refractivity contribution is -0.156. The van der Waals surface area contributed by atoms with E-state index in [0.717, 1.165) is 24.8 Å². The Bertz CT molecular complexity index is 1520. The molecule has 46 heavy (non-hydrogen) atoms. The van der Waals surface area contributed by atoms with Gasteiger partial charge in [0.25, 0.3) is 0 Å². The molecule has 2 aromatic carbocycles. The molecule has 1 unspecified atom stereocenters. The average Bonchev–Trinajstić information content (AvgIpc) is 3.53. The van der Waals surface area contributed by atoms with E-state index < -0.39 is 35.9 Å². The molecule has 9 nitrogen and oxygen atoms in total. The SMILES string of the molecule is CC(=O)N1[C@H](CC23CC4CC(CC(C4)C2)C3)C(=O)N(Cc2ccccc2)c2ccccc2C(=O)C[C@H]1C(=O)N1CCCC1C(=O)O. The van der Waals surface area contributed by atoms with Crippen molar-refractivity contribution in [2.45, 2.75) is 95.8 Å². The fourth-order valence-electron chi connectivity index (χ4n) is 10.2. The molecule has 4 aliphatic carbocycles. The number of benzene rings is 2. The number of carboxylic acid groups (broad SMARTS) is 1. The number of carboxylic acids is 1. The van der Waals surface area contributed by atoms with Crippen LogP contribution in [0.1, 0.15) is 87.1 Å². The second-order valence-corrected chi connectivity index (χ2v) is 14.7. The largest absolute Gasteiger partial charge is 0.480 e. The first-order valence-electron chi connectivity index (χ1n) is 16.9. The fraction of sp³-hybridized carbons (Fsp3) is 0.541. The number of aliphatic carboxylic acids is 1. The van der Waals surface area contributed by atoms with Gasteiger partial charge in [-0.05, 0) is 98.7 Å². The number of carbonyl (C=O) groups excluding carboxylic acids is 4. The maximum atomic E-state index is 15.2. The van der Waals surface area contributed by atoms with E-state index in [1.54, 1.807) is 29.2 Å². The van der Waals surface area contributed by atoms with Gasteiger partial charge in [0, 0.05) is 25.5 Å². The minimum atomic E-state index is -1.28. The molecule has 3 atom stereocenters. The summed E-state index contributed by atoms with van der Waals surface area (Å²) in [7, 11) is 0. The number of hydrogen-bond acceptors (Lipinski definition) is 5. The van der Waals surface area contributed by atoms with E-state index in [1.165, 1.54) is 36.0 Å². The maximum absolute atomic E-state index is 15.2. The third kappa shape index (κ3) is 5.52. The van der Waals surface area contributed by atoms with Crippen LogP contribution in [0.15, 0.2) is 54.6 Å². The minimum absolute atomic E-state index is 0.121. The highest BCUT2D eigenvalue weighted by molar-refractivity contribution is 6.10. The number of hydrogen-bond donors (Lipinski definition) is 1. The van der Waals surface area contributed by atoms with Crippen molar-refractivity contribution in [2.24, 2.45) is 23.2 Å². The van der Waals surface area contributed by atoms with Crippen LogP contribution in [0.3, 0.4) is 0 Å². The quantitative estimate of drug-likeness (QED) is 0.479. The van der Waals surface area contributed by atoms with Crippen molar-refractivity contribution in [3.8, 4) is 0 Å². The number of fused-ring (bicyclic) bond motifs is 1. The predicted molar refractivity (Wildman–Crippen MR) is 171 cm³/mol. The minimum Gasteiger partial charge on any atom is -0.480 e. The zero-order valence-electron chi connectivity index (χ0n) is 26.5. The van der Waals surface area contributed by atoms with Crippen LogP contribution < -0.4 is 4.90 Å². The van der Waals surface area contributed by atoms with Crippen molar-refractivity contribution in [2.75, 3.05) is 11.4 Å². The Labute approximate surface area is 269 Å². The molecule has 8 rings (SSSR count). The Morgan fingerprint density at radius 3 is 2.13 bits per heavy atom. The summed E-state index contributed by atoms with van der Waals surface area (Å²) in [6.07, 6.45) is 7.65. The monoisotopic (exact) mass is 625 g/mol. The summed E-state index contributed by atoms with van der Waals surface area (Å²) in [5.74, 6) is -0.927. The molecular weight excluding hydrogens is 582 g/mol. The van der Waals surface area contributed by atoms with Gasteiger partial charge in [-0.3, -0.25) is 19.2 Å². The third-order valence-corrected chi connectivity index (χ3v) is 11.5. The summed E-state index contributed by atoms with van der Waals surface area (Å²) < 4.78 is 0. The molecule has 5 fully saturated rings. The second-order valence-electron chi connectivity index (χ2n) is 14.7. The Morgan fingerprint density at radius 2 is 1.50 bits per heavy atom. The number of para-hydroxylation sites is 1. The van der Waals surface area contributed by atoms with Gasteiger partial charge in [0.1, 0.15) is 18.1 Å². The lowest BCUT2D eigenvalue weighted by atomic mass is 9.48. The van der Waals surface area contributed by atoms with E-state index >= 15 is 4.79 Å². The fourth-order valence-corrected chi connectivity index (χ4v) is 10.2. The smallest absolute Gasteiger partial charge is 0.326 e. The van der Waals surface area contributed by atoms with Gasteiger partial charge in [0.05, 0.1) is 12.2 Å². The van der Waals surface area contributed by atoms with E-state index in [-0.39, 0.29) is 36.6 Å². The normalized spacial score (nSPS) is 32.2. The van der Waals surface area contributed by atoms with Crippen LogP contribution in [0, 0.1) is 23.2 Å². The summed E-state index contributed by atoms with van der Waals surface area (Å²) >= 11 is 0. The Kier molecular flexibility index (Phi) is 7.97. The summed E-state index contributed by atoms with van der Waals surface area (Å²) in [4.78, 5) is 74.2. The summed E-state index contributed by atoms with van der Waals surface area (Å²) in [5.41, 5.74) is 1.55. The van der Waals surface area contributed by atoms with E-state index in [0.29, 0.717) is 48.3 Å². The second kappa shape index (κ2) is 12.0. The highest BCUT2D eigenvalue weighted by Gasteiger charge is 2.55. The molecule has 2 aromatic rings. The molecular formula is C37H43N3O6. The van der Waals surface area contributed by atoms with Gasteiger partial charge in [-0.25, -0.2) is 4.79 Å². The van der Waals surface area contributed by atoms with Gasteiger partial charge in [0.15, 0.2) is 5.78 Å². The van der Waals surface area contributed by atoms with E-state index in [2.05, 4.69) is 0 Å². The molecule has 1 saturated heterocycles. The third-order valence-electron chi connectivity index (χ3n) is 11.5. The van der Waals surface area contributed by atoms with Gasteiger partial charge in [-0.1, -0.05) is 42.5 Å². The number of ketones is 1. The highest BCUT2D eigenvalue weighted by atomic mass is 16.4. The molecule has 0 spiro atoms. The molecule has 4 saturated carbocycles. The molecule has 2 heterocycles. The van der Waals surface area contributed by atoms with Crippen LogP contribution in [0.25, 0.3) is 0 Å². The number of Topliss-reactive ketones (excluding diaryl/α,β-unsaturated/α-hetero) is 1. The predicted octanol–water partition coefficient (Wildman–Crippen LogP) is 5.07. The van der Waals surface area contributed by atoms with Crippen molar-refractivity contribution in [3.05, 3.63) is 65.7 Å². The highest BCUT2D eigenvalue weighted by Crippen LogP contribution is 2.62. The summed E-state index contributed by atoms with van der Waals surface area (Å²) in [6, 6.07) is 13.3. The van der Waals surface area contributed by atoms with Crippen molar-refractivity contribution < 1.29 is 29.1 Å². The van der Waals surface area contributed by atoms with Crippen LogP contribution >= 0.6 is 0 Å². The first-order chi connectivity index (χ1) is 22.1. The zero-order chi connectivity index (χ0) is 32.2. The van der Waals surface area contributed by atoms with Crippen molar-refractivity contribution in [3.63, 3.8) is 0 Å². The molecule has 3 amide bonds. The lowest BCUT2D eigenvalue weighted by Crippen LogP contribution is -2.61. The topological polar surface area (TPSA) is 115 Å². The number of carbonyl (C=O) groups is 5. The average molecular weight is 626 g/mol. The van der Waals surface area contributed by atoms with Crippen LogP contribution in [0.4, 0.5) is 5.69 Å². The molecule has 6 aliphatic rings. The molecule has 242 valence electrons. The van der Waals surface area contributed by atoms with Crippen LogP contribution in [0.5, 0.6) is 0 Å². The number of anilines is 1. The molecule has 4 bridgehead atoms. The van der Waals surface area contributed by atoms with Crippen molar-refractivity contribution >= 4 is 35.2 Å². The lowest BCUT2D eigenvalue weighted by Gasteiger charge is -2.58. The Balaban J connectivity index is 1.36. The number of rotatable bonds is 6. The van der Waals surface area contributed by atoms with E-state index in [1.807, 2.05) is 30.3 Å². The van der Waals surface area contributed by atoms with Crippen LogP contribution in [0.2, 0.25) is 0 Å². The maximum Gasteiger partial charge on any atom is 0.326 e. The molecule has 9 heteroatoms. The van der Waals surface area contributed by atoms with Gasteiger partial charge < -0.3 is 19.8 Å². The summed E-state index contributed by atoms with van der Waals surface area (Å²) in [5, 5.41) is 9.94. The van der Waals surface area contributed by atoms with Crippen LogP contribution in [-0.4, -0.2) is 69.1 Å². The van der Waals surface area contributed by atoms with Gasteiger partial charge in [-0.15, -0.1) is 0 Å². The molecule has 1 N–H and O–H groups in total. The van der Waals surface area contributed by atoms with Crippen LogP contribution in [-0.2, 0) is 25.7 Å². The molecule has 2 aliphatic heterocycles. The van der Waals surface area contributed by atoms with Gasteiger partial charge >= 0.3 is 5.97 Å².